The van der Waals surface area contributed by atoms with Gasteiger partial charge >= 0.3 is 6.09 Å². The van der Waals surface area contributed by atoms with E-state index in [1.165, 1.54) is 0 Å². The molecule has 0 saturated carbocycles. The number of aliphatic hydroxyl groups is 16. The SMILES string of the molecule is O=C(CCCCCNC(=O)OCc1ccccc1)N[C@@H](CCC(=O)N(CCOC1OC(CO)C(O)C(O)C1O)CCO[C@H]1O[C@H](CO)[C@@H](O)[C@H](O)[C@@H]1O)C(=O)N(CCO[C@H]1O[C@H](CO)[C@@H](O)[C@H](O)[C@@H]1O)CCO[C@H]1O[C@H](CO)[C@@H](O)[C@H](O)[C@@H]1O. The van der Waals surface area contributed by atoms with Gasteiger partial charge in [-0.05, 0) is 24.8 Å². The highest BCUT2D eigenvalue weighted by Crippen LogP contribution is 2.26. The predicted molar refractivity (Wildman–Crippen MR) is 276 cm³/mol. The van der Waals surface area contributed by atoms with Gasteiger partial charge in [0.05, 0.1) is 52.9 Å². The molecule has 18 N–H and O–H groups in total. The summed E-state index contributed by atoms with van der Waals surface area (Å²) in [6.45, 7) is -6.47. The zero-order chi connectivity index (χ0) is 61.6. The van der Waals surface area contributed by atoms with Crippen molar-refractivity contribution in [3.05, 3.63) is 35.9 Å². The molecule has 5 unspecified atom stereocenters. The maximum Gasteiger partial charge on any atom is 0.407 e. The first kappa shape index (κ1) is 70.7. The lowest BCUT2D eigenvalue weighted by Crippen LogP contribution is -2.59. The Balaban J connectivity index is 1.34. The largest absolute Gasteiger partial charge is 0.445 e. The second-order valence-electron chi connectivity index (χ2n) is 20.4. The average molecular weight is 1220 g/mol. The van der Waals surface area contributed by atoms with Gasteiger partial charge in [0.1, 0.15) is 110 Å². The summed E-state index contributed by atoms with van der Waals surface area (Å²) in [5.74, 6) is -2.33. The molecule has 4 amide bonds. The summed E-state index contributed by atoms with van der Waals surface area (Å²) in [4.78, 5) is 57.4. The molecule has 4 saturated heterocycles. The van der Waals surface area contributed by atoms with E-state index in [2.05, 4.69) is 10.6 Å². The van der Waals surface area contributed by atoms with Crippen LogP contribution in [0.25, 0.3) is 0 Å². The third kappa shape index (κ3) is 20.3. The molecule has 4 heterocycles. The van der Waals surface area contributed by atoms with Crippen molar-refractivity contribution < 1.29 is 144 Å². The van der Waals surface area contributed by atoms with Crippen LogP contribution in [0.3, 0.4) is 0 Å². The maximum atomic E-state index is 14.8. The molecule has 4 fully saturated rings. The van der Waals surface area contributed by atoms with Gasteiger partial charge in [0, 0.05) is 45.6 Å². The fourth-order valence-electron chi connectivity index (χ4n) is 9.35. The molecule has 0 radical (unpaired) electrons. The Morgan fingerprint density at radius 1 is 0.476 bits per heavy atom. The van der Waals surface area contributed by atoms with Gasteiger partial charge in [-0.15, -0.1) is 0 Å². The molecule has 4 aliphatic heterocycles. The number of amides is 4. The number of unbranched alkanes of at least 4 members (excludes halogenated alkanes) is 2. The average Bonchev–Trinajstić information content (AvgIpc) is 3.42. The molecule has 0 spiro atoms. The van der Waals surface area contributed by atoms with Crippen LogP contribution < -0.4 is 10.6 Å². The molecule has 5 rings (SSSR count). The number of benzene rings is 1. The normalized spacial score (nSPS) is 33.9. The van der Waals surface area contributed by atoms with Crippen molar-refractivity contribution in [3.63, 3.8) is 0 Å². The highest BCUT2D eigenvalue weighted by molar-refractivity contribution is 5.88. The zero-order valence-electron chi connectivity index (χ0n) is 46.0. The van der Waals surface area contributed by atoms with Crippen molar-refractivity contribution in [3.8, 4) is 0 Å². The van der Waals surface area contributed by atoms with Crippen LogP contribution in [0, 0.1) is 0 Å². The molecule has 33 nitrogen and oxygen atoms in total. The smallest absolute Gasteiger partial charge is 0.407 e. The van der Waals surface area contributed by atoms with E-state index < -0.39 is 231 Å². The van der Waals surface area contributed by atoms with Crippen LogP contribution in [0.1, 0.15) is 44.1 Å². The number of rotatable bonds is 33. The van der Waals surface area contributed by atoms with Crippen molar-refractivity contribution in [2.45, 2.75) is 174 Å². The van der Waals surface area contributed by atoms with E-state index in [0.29, 0.717) is 12.8 Å². The molecule has 84 heavy (non-hydrogen) atoms. The molecule has 0 bridgehead atoms. The summed E-state index contributed by atoms with van der Waals surface area (Å²) in [7, 11) is 0. The Kier molecular flexibility index (Phi) is 30.0. The molecular formula is C51H84N4O29. The van der Waals surface area contributed by atoms with Crippen molar-refractivity contribution in [2.75, 3.05) is 85.6 Å². The lowest BCUT2D eigenvalue weighted by molar-refractivity contribution is -0.303. The maximum absolute atomic E-state index is 14.8. The van der Waals surface area contributed by atoms with Gasteiger partial charge in [-0.1, -0.05) is 36.8 Å². The first-order chi connectivity index (χ1) is 40.1. The van der Waals surface area contributed by atoms with Gasteiger partial charge in [0.15, 0.2) is 25.2 Å². The minimum atomic E-state index is -1.85. The van der Waals surface area contributed by atoms with Crippen LogP contribution >= 0.6 is 0 Å². The van der Waals surface area contributed by atoms with Gasteiger partial charge in [-0.25, -0.2) is 4.79 Å². The molecule has 1 aromatic carbocycles. The Morgan fingerprint density at radius 2 is 0.857 bits per heavy atom. The second-order valence-corrected chi connectivity index (χ2v) is 20.4. The Morgan fingerprint density at radius 3 is 1.24 bits per heavy atom. The van der Waals surface area contributed by atoms with Gasteiger partial charge in [-0.2, -0.15) is 0 Å². The zero-order valence-corrected chi connectivity index (χ0v) is 46.0. The molecule has 1 aromatic rings. The number of nitrogens with zero attached hydrogens (tertiary/aromatic N) is 2. The second kappa shape index (κ2) is 35.7. The van der Waals surface area contributed by atoms with Crippen molar-refractivity contribution in [1.82, 2.24) is 20.4 Å². The Bertz CT molecular complexity index is 2010. The van der Waals surface area contributed by atoms with E-state index in [0.717, 1.165) is 15.4 Å². The Labute approximate surface area is 482 Å². The first-order valence-corrected chi connectivity index (χ1v) is 27.6. The number of hydrogen-bond donors (Lipinski definition) is 18. The minimum Gasteiger partial charge on any atom is -0.445 e. The summed E-state index contributed by atoms with van der Waals surface area (Å²) in [5, 5.41) is 169. The van der Waals surface area contributed by atoms with Crippen LogP contribution in [-0.4, -0.2) is 330 Å². The van der Waals surface area contributed by atoms with Crippen LogP contribution in [-0.2, 0) is 63.6 Å². The molecular weight excluding hydrogens is 1130 g/mol. The van der Waals surface area contributed by atoms with Crippen LogP contribution in [0.15, 0.2) is 30.3 Å². The molecule has 33 heteroatoms. The highest BCUT2D eigenvalue weighted by Gasteiger charge is 2.48. The van der Waals surface area contributed by atoms with E-state index >= 15 is 0 Å². The standard InChI is InChI=1S/C51H84N4O29/c56-21-28-34(62)38(66)42(70)47(81-28)76-17-13-54(14-18-77-48-43(71)39(67)35(63)29(22-57)82-48)33(61)11-10-27(53-32(60)9-5-2-6-12-52-51(75)80-25-26-7-3-1-4-8-26)46(74)55(15-19-78-49-44(72)40(68)36(64)30(23-58)83-49)16-20-79-50-45(73)41(69)37(65)31(24-59)84-50/h1,3-4,7-8,27-31,34-45,47-50,56-59,62-73H,2,5-6,9-25H2,(H,52,75)(H,53,60)/t27-,28+,29?,30+,31+,34+,35?,36+,37+,38-,39?,40-,41-,42-,43?,44-,45-,47-,48?,49-,50-/m0/s1. The summed E-state index contributed by atoms with van der Waals surface area (Å²) in [6.07, 6.45) is -34.3. The third-order valence-electron chi connectivity index (χ3n) is 14.5. The van der Waals surface area contributed by atoms with Gasteiger partial charge < -0.3 is 145 Å². The predicted octanol–water partition coefficient (Wildman–Crippen LogP) is -9.34. The summed E-state index contributed by atoms with van der Waals surface area (Å²) < 4.78 is 49.5. The minimum absolute atomic E-state index is 0.0459. The first-order valence-electron chi connectivity index (χ1n) is 27.6. The van der Waals surface area contributed by atoms with E-state index in [9.17, 15) is 101 Å². The van der Waals surface area contributed by atoms with Crippen molar-refractivity contribution in [1.29, 1.82) is 0 Å². The van der Waals surface area contributed by atoms with Gasteiger partial charge in [0.2, 0.25) is 17.7 Å². The summed E-state index contributed by atoms with van der Waals surface area (Å²) in [6, 6.07) is 7.42. The molecule has 482 valence electrons. The number of nitrogens with one attached hydrogen (secondary N) is 2. The molecule has 0 aliphatic carbocycles. The summed E-state index contributed by atoms with van der Waals surface area (Å²) >= 11 is 0. The van der Waals surface area contributed by atoms with E-state index in [1.807, 2.05) is 6.07 Å². The highest BCUT2D eigenvalue weighted by atomic mass is 16.7. The third-order valence-corrected chi connectivity index (χ3v) is 14.5. The molecule has 21 atom stereocenters. The topological polar surface area (TPSA) is 506 Å². The van der Waals surface area contributed by atoms with Crippen molar-refractivity contribution >= 4 is 23.8 Å². The number of carbonyl (C=O) groups is 4. The quantitative estimate of drug-likeness (QED) is 0.0291. The van der Waals surface area contributed by atoms with E-state index in [-0.39, 0.29) is 39.1 Å². The number of aliphatic hydroxyl groups excluding tert-OH is 16. The number of hydrogen-bond acceptors (Lipinski definition) is 29. The van der Waals surface area contributed by atoms with E-state index in [1.54, 1.807) is 24.3 Å². The van der Waals surface area contributed by atoms with Gasteiger partial charge in [-0.3, -0.25) is 14.4 Å². The lowest BCUT2D eigenvalue weighted by atomic mass is 9.99. The number of carbonyl (C=O) groups excluding carboxylic acids is 4. The van der Waals surface area contributed by atoms with Gasteiger partial charge in [0.25, 0.3) is 0 Å². The fourth-order valence-corrected chi connectivity index (χ4v) is 9.35. The number of alkyl carbamates (subject to hydrolysis) is 1. The van der Waals surface area contributed by atoms with Crippen molar-refractivity contribution in [2.24, 2.45) is 0 Å². The lowest BCUT2D eigenvalue weighted by Gasteiger charge is -2.40. The molecule has 0 aromatic heterocycles. The Hall–Kier alpha value is -4.06. The monoisotopic (exact) mass is 1220 g/mol. The van der Waals surface area contributed by atoms with E-state index in [4.69, 9.17) is 42.6 Å². The summed E-state index contributed by atoms with van der Waals surface area (Å²) in [5.41, 5.74) is 0.780. The fraction of sp³-hybridized carbons (Fsp3) is 0.804. The molecule has 4 aliphatic rings. The van der Waals surface area contributed by atoms with Crippen LogP contribution in [0.2, 0.25) is 0 Å². The van der Waals surface area contributed by atoms with Crippen LogP contribution in [0.5, 0.6) is 0 Å². The van der Waals surface area contributed by atoms with Crippen LogP contribution in [0.4, 0.5) is 4.79 Å². The number of ether oxygens (including phenoxy) is 9.